The van der Waals surface area contributed by atoms with E-state index in [9.17, 15) is 9.59 Å². The molecule has 0 aromatic rings. The molecule has 1 unspecified atom stereocenters. The molecule has 1 aliphatic rings. The predicted octanol–water partition coefficient (Wildman–Crippen LogP) is 2.05. The molecule has 0 saturated carbocycles. The number of amides is 1. The second-order valence-electron chi connectivity index (χ2n) is 4.69. The maximum Gasteiger partial charge on any atom is 0.325 e. The topological polar surface area (TPSA) is 58.6 Å². The lowest BCUT2D eigenvalue weighted by molar-refractivity contribution is -0.152. The fourth-order valence-electron chi connectivity index (χ4n) is 1.68. The highest BCUT2D eigenvalue weighted by molar-refractivity contribution is 6.67. The molecular formula is C11H17Cl3N2O3. The van der Waals surface area contributed by atoms with E-state index in [1.807, 2.05) is 0 Å². The number of nitrogens with zero attached hydrogens (tertiary/aromatic N) is 1. The van der Waals surface area contributed by atoms with Gasteiger partial charge < -0.3 is 4.74 Å². The summed E-state index contributed by atoms with van der Waals surface area (Å²) in [6.07, 6.45) is 1.31. The van der Waals surface area contributed by atoms with Crippen molar-refractivity contribution in [2.45, 2.75) is 36.5 Å². The molecular weight excluding hydrogens is 314 g/mol. The molecule has 0 aliphatic carbocycles. The Morgan fingerprint density at radius 2 is 2.05 bits per heavy atom. The van der Waals surface area contributed by atoms with E-state index in [0.29, 0.717) is 13.0 Å². The number of carbonyl (C=O) groups is 2. The van der Waals surface area contributed by atoms with E-state index in [4.69, 9.17) is 39.5 Å². The van der Waals surface area contributed by atoms with Gasteiger partial charge in [-0.05, 0) is 12.8 Å². The van der Waals surface area contributed by atoms with Gasteiger partial charge in [0.25, 0.3) is 0 Å². The first-order valence-electron chi connectivity index (χ1n) is 6.01. The first kappa shape index (κ1) is 16.8. The highest BCUT2D eigenvalue weighted by Gasteiger charge is 2.31. The van der Waals surface area contributed by atoms with Crippen molar-refractivity contribution in [3.8, 4) is 0 Å². The molecule has 1 heterocycles. The van der Waals surface area contributed by atoms with E-state index in [1.165, 1.54) is 5.01 Å². The molecule has 1 amide bonds. The Bertz CT molecular complexity index is 345. The Labute approximate surface area is 127 Å². The van der Waals surface area contributed by atoms with Crippen LogP contribution in [-0.2, 0) is 14.3 Å². The average molecular weight is 332 g/mol. The van der Waals surface area contributed by atoms with Crippen LogP contribution in [0.4, 0.5) is 0 Å². The van der Waals surface area contributed by atoms with Gasteiger partial charge in [-0.2, -0.15) is 0 Å². The fourth-order valence-corrected chi connectivity index (χ4v) is 1.84. The number of nitrogens with one attached hydrogen (secondary N) is 1. The molecule has 8 heteroatoms. The minimum absolute atomic E-state index is 0.0566. The highest BCUT2D eigenvalue weighted by Crippen LogP contribution is 2.26. The zero-order valence-electron chi connectivity index (χ0n) is 10.8. The summed E-state index contributed by atoms with van der Waals surface area (Å²) in [5, 5.41) is 1.45. The van der Waals surface area contributed by atoms with Crippen LogP contribution in [-0.4, -0.2) is 39.9 Å². The molecule has 0 aromatic heterocycles. The third-order valence-corrected chi connectivity index (χ3v) is 2.94. The van der Waals surface area contributed by atoms with Crippen molar-refractivity contribution in [2.75, 3.05) is 13.2 Å². The zero-order chi connectivity index (χ0) is 14.6. The van der Waals surface area contributed by atoms with E-state index >= 15 is 0 Å². The van der Waals surface area contributed by atoms with Gasteiger partial charge in [0.05, 0.1) is 0 Å². The molecule has 19 heavy (non-hydrogen) atoms. The van der Waals surface area contributed by atoms with Gasteiger partial charge in [0.1, 0.15) is 12.6 Å². The molecule has 1 rings (SSSR count). The van der Waals surface area contributed by atoms with Crippen molar-refractivity contribution >= 4 is 46.7 Å². The van der Waals surface area contributed by atoms with Crippen LogP contribution in [0.3, 0.4) is 0 Å². The number of rotatable bonds is 3. The number of alkyl halides is 3. The number of hydrogen-bond acceptors (Lipinski definition) is 4. The zero-order valence-corrected chi connectivity index (χ0v) is 13.1. The molecule has 0 bridgehead atoms. The van der Waals surface area contributed by atoms with Crippen molar-refractivity contribution in [1.82, 2.24) is 10.4 Å². The summed E-state index contributed by atoms with van der Waals surface area (Å²) >= 11 is 16.5. The van der Waals surface area contributed by atoms with Crippen LogP contribution in [0.5, 0.6) is 0 Å². The molecule has 1 aliphatic heterocycles. The third-order valence-electron chi connectivity index (χ3n) is 2.61. The van der Waals surface area contributed by atoms with E-state index in [1.54, 1.807) is 13.8 Å². The number of hydrazine groups is 1. The van der Waals surface area contributed by atoms with E-state index in [0.717, 1.165) is 6.42 Å². The second-order valence-corrected chi connectivity index (χ2v) is 7.21. The summed E-state index contributed by atoms with van der Waals surface area (Å²) in [7, 11) is 0. The monoisotopic (exact) mass is 330 g/mol. The van der Waals surface area contributed by atoms with Crippen LogP contribution in [0.25, 0.3) is 0 Å². The summed E-state index contributed by atoms with van der Waals surface area (Å²) in [5.41, 5.74) is 2.85. The second kappa shape index (κ2) is 6.97. The lowest BCUT2D eigenvalue weighted by Crippen LogP contribution is -2.56. The van der Waals surface area contributed by atoms with Crippen molar-refractivity contribution in [3.05, 3.63) is 0 Å². The normalized spacial score (nSPS) is 20.5. The van der Waals surface area contributed by atoms with Crippen LogP contribution in [0.1, 0.15) is 26.7 Å². The van der Waals surface area contributed by atoms with Gasteiger partial charge >= 0.3 is 5.97 Å². The van der Waals surface area contributed by atoms with Gasteiger partial charge in [-0.15, -0.1) is 0 Å². The van der Waals surface area contributed by atoms with Crippen molar-refractivity contribution in [3.63, 3.8) is 0 Å². The largest absolute Gasteiger partial charge is 0.460 e. The summed E-state index contributed by atoms with van der Waals surface area (Å²) in [6, 6.07) is -0.580. The summed E-state index contributed by atoms with van der Waals surface area (Å²) in [4.78, 5) is 23.6. The van der Waals surface area contributed by atoms with Gasteiger partial charge in [0.15, 0.2) is 0 Å². The molecule has 1 N–H and O–H groups in total. The number of hydrogen-bond donors (Lipinski definition) is 1. The minimum atomic E-state index is -1.63. The maximum absolute atomic E-state index is 11.8. The third kappa shape index (κ3) is 5.73. The lowest BCUT2D eigenvalue weighted by Gasteiger charge is -2.33. The molecule has 0 aromatic carbocycles. The quantitative estimate of drug-likeness (QED) is 0.635. The van der Waals surface area contributed by atoms with E-state index < -0.39 is 15.8 Å². The SMILES string of the molecule is CC(C)C(=O)N1CCCC(C(=O)OCC(Cl)(Cl)Cl)N1. The van der Waals surface area contributed by atoms with Gasteiger partial charge in [0.2, 0.25) is 9.70 Å². The molecule has 110 valence electrons. The first-order chi connectivity index (χ1) is 8.70. The summed E-state index contributed by atoms with van der Waals surface area (Å²) in [5.74, 6) is -0.713. The van der Waals surface area contributed by atoms with Crippen molar-refractivity contribution in [2.24, 2.45) is 5.92 Å². The number of halogens is 3. The van der Waals surface area contributed by atoms with Gasteiger partial charge in [0, 0.05) is 12.5 Å². The molecule has 1 saturated heterocycles. The Morgan fingerprint density at radius 3 is 2.58 bits per heavy atom. The van der Waals surface area contributed by atoms with Gasteiger partial charge in [-0.25, -0.2) is 5.43 Å². The van der Waals surface area contributed by atoms with Gasteiger partial charge in [-0.3, -0.25) is 14.6 Å². The highest BCUT2D eigenvalue weighted by atomic mass is 35.6. The van der Waals surface area contributed by atoms with Crippen LogP contribution in [0.2, 0.25) is 0 Å². The Hall–Kier alpha value is -0.230. The number of ether oxygens (including phenoxy) is 1. The van der Waals surface area contributed by atoms with Crippen LogP contribution >= 0.6 is 34.8 Å². The Morgan fingerprint density at radius 1 is 1.42 bits per heavy atom. The van der Waals surface area contributed by atoms with Crippen LogP contribution < -0.4 is 5.43 Å². The van der Waals surface area contributed by atoms with Crippen molar-refractivity contribution in [1.29, 1.82) is 0 Å². The molecule has 0 spiro atoms. The molecule has 1 fully saturated rings. The summed E-state index contributed by atoms with van der Waals surface area (Å²) < 4.78 is 3.27. The number of esters is 1. The fraction of sp³-hybridized carbons (Fsp3) is 0.818. The average Bonchev–Trinajstić information content (AvgIpc) is 2.34. The number of carbonyl (C=O) groups excluding carboxylic acids is 2. The minimum Gasteiger partial charge on any atom is -0.460 e. The van der Waals surface area contributed by atoms with Gasteiger partial charge in [-0.1, -0.05) is 48.7 Å². The van der Waals surface area contributed by atoms with E-state index in [-0.39, 0.29) is 18.4 Å². The Balaban J connectivity index is 2.50. The Kier molecular flexibility index (Phi) is 6.17. The standard InChI is InChI=1S/C11H17Cl3N2O3/c1-7(2)9(17)16-5-3-4-8(15-16)10(18)19-6-11(12,13)14/h7-8,15H,3-6H2,1-2H3. The maximum atomic E-state index is 11.8. The van der Waals surface area contributed by atoms with Crippen LogP contribution in [0.15, 0.2) is 0 Å². The lowest BCUT2D eigenvalue weighted by atomic mass is 10.1. The smallest absolute Gasteiger partial charge is 0.325 e. The molecule has 5 nitrogen and oxygen atoms in total. The first-order valence-corrected chi connectivity index (χ1v) is 7.15. The van der Waals surface area contributed by atoms with E-state index in [2.05, 4.69) is 5.43 Å². The van der Waals surface area contributed by atoms with Crippen molar-refractivity contribution < 1.29 is 14.3 Å². The summed E-state index contributed by atoms with van der Waals surface area (Å²) in [6.45, 7) is 3.86. The molecule has 1 atom stereocenters. The predicted molar refractivity (Wildman–Crippen MR) is 74.0 cm³/mol. The molecule has 0 radical (unpaired) electrons. The van der Waals surface area contributed by atoms with Crippen LogP contribution in [0, 0.1) is 5.92 Å².